The molecule has 9 nitrogen and oxygen atoms in total. The smallest absolute Gasteiger partial charge is 0.326 e. The topological polar surface area (TPSA) is 142 Å². The molecule has 0 bridgehead atoms. The Kier molecular flexibility index (Phi) is 8.17. The molecule has 3 atom stereocenters. The largest absolute Gasteiger partial charge is 0.480 e. The zero-order valence-corrected chi connectivity index (χ0v) is 15.3. The lowest BCUT2D eigenvalue weighted by molar-refractivity contribution is -0.143. The van der Waals surface area contributed by atoms with Gasteiger partial charge < -0.3 is 26.4 Å². The van der Waals surface area contributed by atoms with E-state index in [1.54, 1.807) is 13.8 Å². The van der Waals surface area contributed by atoms with Gasteiger partial charge in [0, 0.05) is 12.3 Å². The van der Waals surface area contributed by atoms with Crippen molar-refractivity contribution in [3.63, 3.8) is 0 Å². The zero-order chi connectivity index (χ0) is 19.1. The summed E-state index contributed by atoms with van der Waals surface area (Å²) in [5.74, 6) is -2.88. The molecule has 1 aliphatic rings. The molecule has 0 saturated carbocycles. The fraction of sp³-hybridized carbons (Fsp3) is 0.733. The molecule has 1 aliphatic heterocycles. The van der Waals surface area contributed by atoms with Crippen LogP contribution >= 0.6 is 12.6 Å². The minimum absolute atomic E-state index is 0.000434. The Morgan fingerprint density at radius 1 is 1.28 bits per heavy atom. The van der Waals surface area contributed by atoms with Crippen molar-refractivity contribution in [1.82, 2.24) is 15.5 Å². The first kappa shape index (κ1) is 21.2. The summed E-state index contributed by atoms with van der Waals surface area (Å²) >= 11 is 4.06. The predicted molar refractivity (Wildman–Crippen MR) is 94.0 cm³/mol. The van der Waals surface area contributed by atoms with Crippen molar-refractivity contribution in [2.24, 2.45) is 11.7 Å². The van der Waals surface area contributed by atoms with E-state index < -0.39 is 35.9 Å². The molecule has 142 valence electrons. The maximum Gasteiger partial charge on any atom is 0.326 e. The first-order valence-electron chi connectivity index (χ1n) is 8.16. The Hall–Kier alpha value is -1.81. The van der Waals surface area contributed by atoms with Gasteiger partial charge in [-0.1, -0.05) is 13.8 Å². The lowest BCUT2D eigenvalue weighted by Crippen LogP contribution is -2.57. The van der Waals surface area contributed by atoms with Crippen LogP contribution in [0.15, 0.2) is 0 Å². The Balaban J connectivity index is 2.74. The van der Waals surface area contributed by atoms with Crippen LogP contribution in [0.2, 0.25) is 0 Å². The third-order valence-electron chi connectivity index (χ3n) is 4.10. The second kappa shape index (κ2) is 9.62. The number of rotatable bonds is 8. The number of nitrogens with two attached hydrogens (primary N) is 1. The van der Waals surface area contributed by atoms with Gasteiger partial charge in [0.05, 0.1) is 6.54 Å². The van der Waals surface area contributed by atoms with Gasteiger partial charge in [-0.15, -0.1) is 0 Å². The van der Waals surface area contributed by atoms with Gasteiger partial charge in [-0.05, 0) is 18.8 Å². The quantitative estimate of drug-likeness (QED) is 0.330. The van der Waals surface area contributed by atoms with Gasteiger partial charge in [-0.25, -0.2) is 4.79 Å². The average Bonchev–Trinajstić information content (AvgIpc) is 3.05. The number of carbonyl (C=O) groups excluding carboxylic acids is 3. The lowest BCUT2D eigenvalue weighted by Gasteiger charge is -2.26. The maximum atomic E-state index is 12.4. The van der Waals surface area contributed by atoms with E-state index in [9.17, 15) is 19.2 Å². The molecule has 1 rings (SSSR count). The van der Waals surface area contributed by atoms with Crippen molar-refractivity contribution in [3.8, 4) is 0 Å². The summed E-state index contributed by atoms with van der Waals surface area (Å²) in [6.07, 6.45) is 1.16. The van der Waals surface area contributed by atoms with Crippen molar-refractivity contribution in [2.75, 3.05) is 18.8 Å². The number of carbonyl (C=O) groups is 4. The fourth-order valence-corrected chi connectivity index (χ4v) is 2.94. The van der Waals surface area contributed by atoms with Crippen molar-refractivity contribution in [3.05, 3.63) is 0 Å². The first-order valence-corrected chi connectivity index (χ1v) is 8.80. The van der Waals surface area contributed by atoms with Crippen LogP contribution in [0.5, 0.6) is 0 Å². The van der Waals surface area contributed by atoms with E-state index >= 15 is 0 Å². The molecule has 0 radical (unpaired) electrons. The Morgan fingerprint density at radius 3 is 2.40 bits per heavy atom. The molecule has 5 N–H and O–H groups in total. The fourth-order valence-electron chi connectivity index (χ4n) is 2.68. The molecule has 3 amide bonds. The van der Waals surface area contributed by atoms with Crippen LogP contribution in [-0.4, -0.2) is 70.7 Å². The van der Waals surface area contributed by atoms with Crippen molar-refractivity contribution < 1.29 is 24.3 Å². The molecule has 25 heavy (non-hydrogen) atoms. The third-order valence-corrected chi connectivity index (χ3v) is 4.46. The van der Waals surface area contributed by atoms with E-state index in [1.807, 2.05) is 0 Å². The molecule has 1 saturated heterocycles. The van der Waals surface area contributed by atoms with Crippen LogP contribution in [0, 0.1) is 5.92 Å². The van der Waals surface area contributed by atoms with Crippen LogP contribution in [0.3, 0.4) is 0 Å². The monoisotopic (exact) mass is 374 g/mol. The third kappa shape index (κ3) is 5.60. The molecule has 3 unspecified atom stereocenters. The number of hydrogen-bond donors (Lipinski definition) is 5. The molecule has 0 aromatic rings. The number of nitrogens with zero attached hydrogens (tertiary/aromatic N) is 1. The summed E-state index contributed by atoms with van der Waals surface area (Å²) < 4.78 is 0. The van der Waals surface area contributed by atoms with E-state index in [0.29, 0.717) is 19.4 Å². The summed E-state index contributed by atoms with van der Waals surface area (Å²) in [5, 5.41) is 14.1. The second-order valence-electron chi connectivity index (χ2n) is 6.26. The molecule has 0 aliphatic carbocycles. The van der Waals surface area contributed by atoms with Crippen molar-refractivity contribution in [2.45, 2.75) is 44.8 Å². The van der Waals surface area contributed by atoms with E-state index in [2.05, 4.69) is 23.3 Å². The van der Waals surface area contributed by atoms with Gasteiger partial charge in [0.2, 0.25) is 17.7 Å². The Bertz CT molecular complexity index is 528. The SMILES string of the molecule is CC(C)C(NC(=O)C(CS)NC(=O)C1CCCN1C(=O)CN)C(=O)O. The van der Waals surface area contributed by atoms with Crippen LogP contribution in [-0.2, 0) is 19.2 Å². The highest BCUT2D eigenvalue weighted by Crippen LogP contribution is 2.17. The van der Waals surface area contributed by atoms with Gasteiger partial charge in [-0.3, -0.25) is 14.4 Å². The lowest BCUT2D eigenvalue weighted by atomic mass is 10.0. The minimum Gasteiger partial charge on any atom is -0.480 e. The highest BCUT2D eigenvalue weighted by molar-refractivity contribution is 7.80. The number of amides is 3. The normalized spacial score (nSPS) is 19.4. The molecular formula is C15H26N4O5S. The van der Waals surface area contributed by atoms with Crippen LogP contribution < -0.4 is 16.4 Å². The molecule has 1 heterocycles. The summed E-state index contributed by atoms with van der Waals surface area (Å²) in [5.41, 5.74) is 5.35. The second-order valence-corrected chi connectivity index (χ2v) is 6.63. The summed E-state index contributed by atoms with van der Waals surface area (Å²) in [6.45, 7) is 3.60. The van der Waals surface area contributed by atoms with Crippen molar-refractivity contribution in [1.29, 1.82) is 0 Å². The number of aliphatic carboxylic acids is 1. The highest BCUT2D eigenvalue weighted by Gasteiger charge is 2.35. The van der Waals surface area contributed by atoms with Crippen molar-refractivity contribution >= 4 is 36.3 Å². The molecule has 1 fully saturated rings. The molecule has 0 spiro atoms. The summed E-state index contributed by atoms with van der Waals surface area (Å²) in [4.78, 5) is 49.1. The molecule has 10 heteroatoms. The van der Waals surface area contributed by atoms with E-state index in [1.165, 1.54) is 4.90 Å². The van der Waals surface area contributed by atoms with Gasteiger partial charge in [0.15, 0.2) is 0 Å². The Labute approximate surface area is 152 Å². The van der Waals surface area contributed by atoms with Crippen LogP contribution in [0.25, 0.3) is 0 Å². The summed E-state index contributed by atoms with van der Waals surface area (Å²) in [6, 6.07) is -2.73. The van der Waals surface area contributed by atoms with Gasteiger partial charge >= 0.3 is 5.97 Å². The number of likely N-dealkylation sites (tertiary alicyclic amines) is 1. The number of carboxylic acids is 1. The van der Waals surface area contributed by atoms with E-state index in [-0.39, 0.29) is 24.1 Å². The standard InChI is InChI=1S/C15H26N4O5S/c1-8(2)12(15(23)24)18-13(21)9(7-25)17-14(22)10-4-3-5-19(10)11(20)6-16/h8-10,12,25H,3-7,16H2,1-2H3,(H,17,22)(H,18,21)(H,23,24). The predicted octanol–water partition coefficient (Wildman–Crippen LogP) is -1.42. The number of nitrogens with one attached hydrogen (secondary N) is 2. The van der Waals surface area contributed by atoms with E-state index in [0.717, 1.165) is 0 Å². The Morgan fingerprint density at radius 2 is 1.92 bits per heavy atom. The highest BCUT2D eigenvalue weighted by atomic mass is 32.1. The number of carboxylic acid groups (broad SMARTS) is 1. The van der Waals surface area contributed by atoms with E-state index in [4.69, 9.17) is 10.8 Å². The number of hydrogen-bond acceptors (Lipinski definition) is 6. The average molecular weight is 374 g/mol. The summed E-state index contributed by atoms with van der Waals surface area (Å²) in [7, 11) is 0. The zero-order valence-electron chi connectivity index (χ0n) is 14.4. The first-order chi connectivity index (χ1) is 11.7. The van der Waals surface area contributed by atoms with Gasteiger partial charge in [0.25, 0.3) is 0 Å². The molecular weight excluding hydrogens is 348 g/mol. The minimum atomic E-state index is -1.15. The van der Waals surface area contributed by atoms with Gasteiger partial charge in [-0.2, -0.15) is 12.6 Å². The van der Waals surface area contributed by atoms with Gasteiger partial charge in [0.1, 0.15) is 18.1 Å². The molecule has 0 aromatic carbocycles. The van der Waals surface area contributed by atoms with Crippen LogP contribution in [0.1, 0.15) is 26.7 Å². The maximum absolute atomic E-state index is 12.4. The number of thiol groups is 1. The molecule has 0 aromatic heterocycles. The van der Waals surface area contributed by atoms with Crippen LogP contribution in [0.4, 0.5) is 0 Å².